The second kappa shape index (κ2) is 22.5. The zero-order valence-electron chi connectivity index (χ0n) is 30.6. The molecule has 4 amide bonds. The first-order valence-electron chi connectivity index (χ1n) is 18.3. The van der Waals surface area contributed by atoms with E-state index in [9.17, 15) is 24.0 Å². The van der Waals surface area contributed by atoms with Crippen molar-refractivity contribution in [2.75, 3.05) is 52.4 Å². The van der Waals surface area contributed by atoms with Crippen molar-refractivity contribution in [3.63, 3.8) is 0 Å². The van der Waals surface area contributed by atoms with E-state index in [0.29, 0.717) is 77.9 Å². The molecule has 0 saturated carbocycles. The van der Waals surface area contributed by atoms with E-state index in [-0.39, 0.29) is 24.8 Å². The van der Waals surface area contributed by atoms with E-state index < -0.39 is 47.9 Å². The summed E-state index contributed by atoms with van der Waals surface area (Å²) in [5, 5.41) is 20.5. The lowest BCUT2D eigenvalue weighted by Crippen LogP contribution is -2.58. The van der Waals surface area contributed by atoms with Gasteiger partial charge in [-0.15, -0.1) is 0 Å². The quantitative estimate of drug-likeness (QED) is 0.0881. The van der Waals surface area contributed by atoms with E-state index in [1.165, 1.54) is 0 Å². The lowest BCUT2D eigenvalue weighted by molar-refractivity contribution is -0.138. The van der Waals surface area contributed by atoms with Crippen LogP contribution in [0.15, 0.2) is 60.7 Å². The highest BCUT2D eigenvalue weighted by atomic mass is 16.4. The molecular formula is C38H58N8O6. The van der Waals surface area contributed by atoms with Crippen molar-refractivity contribution >= 4 is 29.6 Å². The number of piperazine rings is 1. The van der Waals surface area contributed by atoms with Gasteiger partial charge in [0.2, 0.25) is 23.6 Å². The highest BCUT2D eigenvalue weighted by molar-refractivity contribution is 5.95. The predicted octanol–water partition coefficient (Wildman–Crippen LogP) is 0.247. The summed E-state index contributed by atoms with van der Waals surface area (Å²) < 4.78 is 0. The molecule has 14 heteroatoms. The molecule has 0 aliphatic carbocycles. The molecule has 0 spiro atoms. The summed E-state index contributed by atoms with van der Waals surface area (Å²) in [7, 11) is 0. The Balaban J connectivity index is 1.67. The molecule has 286 valence electrons. The van der Waals surface area contributed by atoms with Crippen LogP contribution in [-0.4, -0.2) is 121 Å². The first-order valence-corrected chi connectivity index (χ1v) is 18.3. The molecule has 52 heavy (non-hydrogen) atoms. The molecule has 1 heterocycles. The van der Waals surface area contributed by atoms with Crippen molar-refractivity contribution in [1.29, 1.82) is 0 Å². The second-order valence-corrected chi connectivity index (χ2v) is 13.9. The predicted molar refractivity (Wildman–Crippen MR) is 200 cm³/mol. The minimum absolute atomic E-state index is 0.0109. The topological polar surface area (TPSA) is 212 Å². The Bertz CT molecular complexity index is 1400. The van der Waals surface area contributed by atoms with E-state index >= 15 is 0 Å². The summed E-state index contributed by atoms with van der Waals surface area (Å²) in [6.07, 6.45) is 2.26. The highest BCUT2D eigenvalue weighted by Crippen LogP contribution is 2.11. The largest absolute Gasteiger partial charge is 0.480 e. The normalized spacial score (nSPS) is 15.9. The third-order valence-electron chi connectivity index (χ3n) is 9.10. The minimum Gasteiger partial charge on any atom is -0.480 e. The van der Waals surface area contributed by atoms with Crippen LogP contribution in [0, 0.1) is 5.92 Å². The van der Waals surface area contributed by atoms with Gasteiger partial charge in [-0.3, -0.25) is 33.8 Å². The number of nitrogens with two attached hydrogens (primary N) is 2. The molecular weight excluding hydrogens is 664 g/mol. The number of aliphatic carboxylic acids is 1. The standard InChI is InChI=1S/C38H58N8O6/c1-27(2)15-16-32(37(51)42-31(14-9-17-39)36(50)41-18-19-45-20-22-46(23-21-45)26-34(47)48)43-38(52)33(25-29-12-7-4-8-13-29)44-35(49)30(40)24-28-10-5-3-6-11-28/h3-8,10-13,27,30-33H,9,14-26,39-40H2,1-2H3,(H,41,50)(H,42,51)(H,43,52)(H,44,49)(H,47,48)/t30-,31-,32?,33-/m1/s1. The smallest absolute Gasteiger partial charge is 0.317 e. The number of nitrogens with zero attached hydrogens (tertiary/aromatic N) is 2. The van der Waals surface area contributed by atoms with E-state index in [0.717, 1.165) is 11.1 Å². The van der Waals surface area contributed by atoms with Crippen LogP contribution in [-0.2, 0) is 36.8 Å². The number of amides is 4. The fraction of sp³-hybridized carbons (Fsp3) is 0.553. The summed E-state index contributed by atoms with van der Waals surface area (Å²) in [5.74, 6) is -2.46. The SMILES string of the molecule is CC(C)CCC(NC(=O)[C@@H](Cc1ccccc1)NC(=O)[C@H](N)Cc1ccccc1)C(=O)N[C@H](CCCN)C(=O)NCCN1CCN(CC(=O)O)CC1. The number of carbonyl (C=O) groups is 5. The number of benzene rings is 2. The molecule has 0 radical (unpaired) electrons. The second-order valence-electron chi connectivity index (χ2n) is 13.9. The van der Waals surface area contributed by atoms with Gasteiger partial charge in [0.25, 0.3) is 0 Å². The maximum Gasteiger partial charge on any atom is 0.317 e. The van der Waals surface area contributed by atoms with Crippen LogP contribution in [0.4, 0.5) is 0 Å². The van der Waals surface area contributed by atoms with E-state index in [1.54, 1.807) is 0 Å². The fourth-order valence-electron chi connectivity index (χ4n) is 6.03. The molecule has 1 fully saturated rings. The average molecular weight is 723 g/mol. The molecule has 4 atom stereocenters. The highest BCUT2D eigenvalue weighted by Gasteiger charge is 2.31. The van der Waals surface area contributed by atoms with Crippen molar-refractivity contribution in [3.05, 3.63) is 71.8 Å². The van der Waals surface area contributed by atoms with Gasteiger partial charge in [-0.2, -0.15) is 0 Å². The van der Waals surface area contributed by atoms with Gasteiger partial charge in [-0.05, 0) is 55.7 Å². The van der Waals surface area contributed by atoms with Crippen LogP contribution in [0.1, 0.15) is 50.7 Å². The van der Waals surface area contributed by atoms with Gasteiger partial charge in [0.05, 0.1) is 12.6 Å². The number of carboxylic acids is 1. The summed E-state index contributed by atoms with van der Waals surface area (Å²) in [5.41, 5.74) is 13.7. The Hall–Kier alpha value is -4.37. The molecule has 14 nitrogen and oxygen atoms in total. The summed E-state index contributed by atoms with van der Waals surface area (Å²) in [4.78, 5) is 69.4. The van der Waals surface area contributed by atoms with Gasteiger partial charge < -0.3 is 37.8 Å². The molecule has 1 aliphatic rings. The number of carboxylic acid groups (broad SMARTS) is 1. The Morgan fingerprint density at radius 3 is 1.77 bits per heavy atom. The Morgan fingerprint density at radius 2 is 1.21 bits per heavy atom. The zero-order valence-corrected chi connectivity index (χ0v) is 30.6. The molecule has 0 aromatic heterocycles. The van der Waals surface area contributed by atoms with Crippen LogP contribution in [0.5, 0.6) is 0 Å². The van der Waals surface area contributed by atoms with Gasteiger partial charge in [0, 0.05) is 45.7 Å². The average Bonchev–Trinajstić information content (AvgIpc) is 3.12. The van der Waals surface area contributed by atoms with Gasteiger partial charge in [0.15, 0.2) is 0 Å². The first kappa shape index (κ1) is 42.0. The molecule has 1 aliphatic heterocycles. The minimum atomic E-state index is -1.01. The van der Waals surface area contributed by atoms with Gasteiger partial charge >= 0.3 is 5.97 Å². The number of hydrogen-bond acceptors (Lipinski definition) is 9. The monoisotopic (exact) mass is 722 g/mol. The van der Waals surface area contributed by atoms with Crippen LogP contribution >= 0.6 is 0 Å². The van der Waals surface area contributed by atoms with E-state index in [4.69, 9.17) is 16.6 Å². The molecule has 3 rings (SSSR count). The number of rotatable bonds is 22. The van der Waals surface area contributed by atoms with Crippen molar-refractivity contribution in [2.45, 2.75) is 76.5 Å². The lowest BCUT2D eigenvalue weighted by Gasteiger charge is -2.33. The van der Waals surface area contributed by atoms with Crippen LogP contribution in [0.3, 0.4) is 0 Å². The Kier molecular flexibility index (Phi) is 18.2. The molecule has 9 N–H and O–H groups in total. The van der Waals surface area contributed by atoms with Gasteiger partial charge in [-0.1, -0.05) is 74.5 Å². The maximum absolute atomic E-state index is 13.9. The number of carbonyl (C=O) groups excluding carboxylic acids is 4. The van der Waals surface area contributed by atoms with Crippen LogP contribution in [0.2, 0.25) is 0 Å². The Morgan fingerprint density at radius 1 is 0.692 bits per heavy atom. The molecule has 1 saturated heterocycles. The van der Waals surface area contributed by atoms with Crippen molar-refractivity contribution < 1.29 is 29.1 Å². The third-order valence-corrected chi connectivity index (χ3v) is 9.10. The fourth-order valence-corrected chi connectivity index (χ4v) is 6.03. The van der Waals surface area contributed by atoms with Gasteiger partial charge in [0.1, 0.15) is 18.1 Å². The molecule has 2 aromatic carbocycles. The van der Waals surface area contributed by atoms with Crippen LogP contribution in [0.25, 0.3) is 0 Å². The first-order chi connectivity index (χ1) is 24.9. The molecule has 0 bridgehead atoms. The van der Waals surface area contributed by atoms with Crippen molar-refractivity contribution in [1.82, 2.24) is 31.1 Å². The Labute approximate surface area is 307 Å². The summed E-state index contributed by atoms with van der Waals surface area (Å²) >= 11 is 0. The third kappa shape index (κ3) is 15.5. The van der Waals surface area contributed by atoms with E-state index in [1.807, 2.05) is 79.4 Å². The van der Waals surface area contributed by atoms with E-state index in [2.05, 4.69) is 26.2 Å². The number of nitrogens with one attached hydrogen (secondary N) is 4. The maximum atomic E-state index is 13.9. The van der Waals surface area contributed by atoms with Gasteiger partial charge in [-0.25, -0.2) is 0 Å². The summed E-state index contributed by atoms with van der Waals surface area (Å²) in [6.45, 7) is 7.98. The number of hydrogen-bond donors (Lipinski definition) is 7. The van der Waals surface area contributed by atoms with Crippen molar-refractivity contribution in [3.8, 4) is 0 Å². The molecule has 2 aromatic rings. The lowest BCUT2D eigenvalue weighted by atomic mass is 10.00. The summed E-state index contributed by atoms with van der Waals surface area (Å²) in [6, 6.07) is 14.9. The zero-order chi connectivity index (χ0) is 37.9. The molecule has 1 unspecified atom stereocenters. The van der Waals surface area contributed by atoms with Crippen molar-refractivity contribution in [2.24, 2.45) is 17.4 Å². The van der Waals surface area contributed by atoms with Crippen LogP contribution < -0.4 is 32.7 Å².